The van der Waals surface area contributed by atoms with Gasteiger partial charge in [-0.15, -0.1) is 0 Å². The molecule has 126 valence electrons. The van der Waals surface area contributed by atoms with Gasteiger partial charge >= 0.3 is 0 Å². The van der Waals surface area contributed by atoms with Gasteiger partial charge in [0.2, 0.25) is 11.8 Å². The summed E-state index contributed by atoms with van der Waals surface area (Å²) in [5.74, 6) is -0.254. The van der Waals surface area contributed by atoms with Gasteiger partial charge < -0.3 is 15.4 Å². The second kappa shape index (κ2) is 8.11. The van der Waals surface area contributed by atoms with Crippen LogP contribution in [-0.2, 0) is 20.7 Å². The summed E-state index contributed by atoms with van der Waals surface area (Å²) in [6, 6.07) is 7.75. The number of anilines is 1. The van der Waals surface area contributed by atoms with Crippen molar-refractivity contribution in [3.8, 4) is 0 Å². The van der Waals surface area contributed by atoms with Crippen molar-refractivity contribution in [3.05, 3.63) is 29.8 Å². The van der Waals surface area contributed by atoms with Crippen molar-refractivity contribution < 1.29 is 14.3 Å². The molecule has 2 N–H and O–H groups in total. The molecule has 1 fully saturated rings. The lowest BCUT2D eigenvalue weighted by atomic mass is 10.0. The van der Waals surface area contributed by atoms with Crippen LogP contribution in [0.15, 0.2) is 24.3 Å². The third kappa shape index (κ3) is 5.67. The van der Waals surface area contributed by atoms with E-state index in [4.69, 9.17) is 4.74 Å². The molecule has 2 amide bonds. The number of rotatable bonds is 7. The summed E-state index contributed by atoms with van der Waals surface area (Å²) in [6.45, 7) is 5.34. The number of benzene rings is 1. The molecule has 1 heterocycles. The Morgan fingerprint density at radius 3 is 2.74 bits per heavy atom. The lowest BCUT2D eigenvalue weighted by Crippen LogP contribution is -2.40. The first-order chi connectivity index (χ1) is 11.0. The maximum atomic E-state index is 11.9. The van der Waals surface area contributed by atoms with E-state index in [-0.39, 0.29) is 30.3 Å². The molecular weight excluding hydrogens is 292 g/mol. The Balaban J connectivity index is 1.70. The molecule has 1 aliphatic heterocycles. The van der Waals surface area contributed by atoms with Crippen LogP contribution in [0.25, 0.3) is 0 Å². The van der Waals surface area contributed by atoms with Crippen molar-refractivity contribution >= 4 is 17.5 Å². The third-order valence-corrected chi connectivity index (χ3v) is 4.16. The van der Waals surface area contributed by atoms with E-state index in [9.17, 15) is 9.59 Å². The molecule has 0 spiro atoms. The van der Waals surface area contributed by atoms with Crippen molar-refractivity contribution in [2.75, 3.05) is 18.5 Å². The number of aryl methyl sites for hydroxylation is 1. The van der Waals surface area contributed by atoms with Gasteiger partial charge in [0.1, 0.15) is 0 Å². The molecule has 1 aromatic rings. The van der Waals surface area contributed by atoms with Crippen molar-refractivity contribution in [1.82, 2.24) is 5.32 Å². The highest BCUT2D eigenvalue weighted by atomic mass is 16.5. The van der Waals surface area contributed by atoms with Gasteiger partial charge in [-0.2, -0.15) is 0 Å². The van der Waals surface area contributed by atoms with Crippen LogP contribution in [0.4, 0.5) is 5.69 Å². The average Bonchev–Trinajstić information content (AvgIpc) is 2.98. The molecule has 2 rings (SSSR count). The molecule has 5 nitrogen and oxygen atoms in total. The molecule has 1 unspecified atom stereocenters. The van der Waals surface area contributed by atoms with Gasteiger partial charge in [-0.25, -0.2) is 0 Å². The van der Waals surface area contributed by atoms with E-state index in [0.29, 0.717) is 6.54 Å². The minimum atomic E-state index is -0.251. The summed E-state index contributed by atoms with van der Waals surface area (Å²) < 4.78 is 5.62. The molecule has 23 heavy (non-hydrogen) atoms. The normalized spacial score (nSPS) is 20.3. The molecular formula is C18H26N2O3. The highest BCUT2D eigenvalue weighted by Gasteiger charge is 2.29. The lowest BCUT2D eigenvalue weighted by molar-refractivity contribution is -0.125. The topological polar surface area (TPSA) is 67.4 Å². The number of hydrogen-bond donors (Lipinski definition) is 2. The maximum Gasteiger partial charge on any atom is 0.224 e. The SMILES string of the molecule is CCc1cccc(NC(=O)CCC(=O)NCC2(C)CCCO2)c1. The van der Waals surface area contributed by atoms with Gasteiger partial charge in [0.25, 0.3) is 0 Å². The van der Waals surface area contributed by atoms with Crippen molar-refractivity contribution in [1.29, 1.82) is 0 Å². The summed E-state index contributed by atoms with van der Waals surface area (Å²) >= 11 is 0. The Kier molecular flexibility index (Phi) is 6.16. The highest BCUT2D eigenvalue weighted by Crippen LogP contribution is 2.23. The third-order valence-electron chi connectivity index (χ3n) is 4.16. The summed E-state index contributed by atoms with van der Waals surface area (Å²) in [5, 5.41) is 5.69. The molecule has 1 aromatic carbocycles. The minimum absolute atomic E-state index is 0.112. The van der Waals surface area contributed by atoms with Crippen LogP contribution in [0, 0.1) is 0 Å². The Morgan fingerprint density at radius 1 is 1.26 bits per heavy atom. The number of ether oxygens (including phenoxy) is 1. The molecule has 0 aliphatic carbocycles. The van der Waals surface area contributed by atoms with E-state index in [0.717, 1.165) is 31.6 Å². The van der Waals surface area contributed by atoms with Gasteiger partial charge in [-0.3, -0.25) is 9.59 Å². The zero-order chi connectivity index (χ0) is 16.7. The molecule has 0 bridgehead atoms. The minimum Gasteiger partial charge on any atom is -0.373 e. The van der Waals surface area contributed by atoms with Crippen molar-refractivity contribution in [2.45, 2.75) is 51.6 Å². The van der Waals surface area contributed by atoms with E-state index in [1.165, 1.54) is 5.56 Å². The molecule has 1 saturated heterocycles. The highest BCUT2D eigenvalue weighted by molar-refractivity contribution is 5.93. The molecule has 1 atom stereocenters. The first-order valence-electron chi connectivity index (χ1n) is 8.30. The van der Waals surface area contributed by atoms with Gasteiger partial charge in [0.05, 0.1) is 5.60 Å². The first-order valence-corrected chi connectivity index (χ1v) is 8.30. The number of hydrogen-bond acceptors (Lipinski definition) is 3. The Labute approximate surface area is 137 Å². The van der Waals surface area contributed by atoms with Gasteiger partial charge in [0, 0.05) is 31.7 Å². The second-order valence-corrected chi connectivity index (χ2v) is 6.28. The predicted octanol–water partition coefficient (Wildman–Crippen LogP) is 2.65. The van der Waals surface area contributed by atoms with E-state index in [1.54, 1.807) is 0 Å². The van der Waals surface area contributed by atoms with Gasteiger partial charge in [-0.05, 0) is 43.9 Å². The fraction of sp³-hybridized carbons (Fsp3) is 0.556. The Hall–Kier alpha value is -1.88. The van der Waals surface area contributed by atoms with Crippen LogP contribution in [0.2, 0.25) is 0 Å². The van der Waals surface area contributed by atoms with Crippen LogP contribution in [0.5, 0.6) is 0 Å². The van der Waals surface area contributed by atoms with Crippen LogP contribution < -0.4 is 10.6 Å². The largest absolute Gasteiger partial charge is 0.373 e. The average molecular weight is 318 g/mol. The molecule has 0 aromatic heterocycles. The van der Waals surface area contributed by atoms with Gasteiger partial charge in [0.15, 0.2) is 0 Å². The van der Waals surface area contributed by atoms with E-state index in [2.05, 4.69) is 17.6 Å². The van der Waals surface area contributed by atoms with Crippen LogP contribution in [0.3, 0.4) is 0 Å². The van der Waals surface area contributed by atoms with Crippen LogP contribution in [0.1, 0.15) is 45.1 Å². The van der Waals surface area contributed by atoms with Crippen molar-refractivity contribution in [2.24, 2.45) is 0 Å². The lowest BCUT2D eigenvalue weighted by Gasteiger charge is -2.23. The smallest absolute Gasteiger partial charge is 0.224 e. The summed E-state index contributed by atoms with van der Waals surface area (Å²) in [4.78, 5) is 23.8. The van der Waals surface area contributed by atoms with Crippen molar-refractivity contribution in [3.63, 3.8) is 0 Å². The van der Waals surface area contributed by atoms with Gasteiger partial charge in [-0.1, -0.05) is 19.1 Å². The van der Waals surface area contributed by atoms with Crippen LogP contribution >= 0.6 is 0 Å². The molecule has 0 saturated carbocycles. The predicted molar refractivity (Wildman–Crippen MR) is 90.3 cm³/mol. The quantitative estimate of drug-likeness (QED) is 0.812. The summed E-state index contributed by atoms with van der Waals surface area (Å²) in [5.41, 5.74) is 1.70. The maximum absolute atomic E-state index is 11.9. The first kappa shape index (κ1) is 17.5. The number of amides is 2. The number of carbonyl (C=O) groups excluding carboxylic acids is 2. The second-order valence-electron chi connectivity index (χ2n) is 6.28. The fourth-order valence-corrected chi connectivity index (χ4v) is 2.67. The summed E-state index contributed by atoms with van der Waals surface area (Å²) in [6.07, 6.45) is 3.29. The zero-order valence-corrected chi connectivity index (χ0v) is 14.0. The molecule has 1 aliphatic rings. The van der Waals surface area contributed by atoms with E-state index < -0.39 is 0 Å². The Morgan fingerprint density at radius 2 is 2.04 bits per heavy atom. The molecule has 5 heteroatoms. The zero-order valence-electron chi connectivity index (χ0n) is 14.0. The Bertz CT molecular complexity index is 551. The van der Waals surface area contributed by atoms with Crippen LogP contribution in [-0.4, -0.2) is 30.6 Å². The van der Waals surface area contributed by atoms with E-state index >= 15 is 0 Å². The fourth-order valence-electron chi connectivity index (χ4n) is 2.67. The number of carbonyl (C=O) groups is 2. The van der Waals surface area contributed by atoms with E-state index in [1.807, 2.05) is 31.2 Å². The molecule has 0 radical (unpaired) electrons. The summed E-state index contributed by atoms with van der Waals surface area (Å²) in [7, 11) is 0. The standard InChI is InChI=1S/C18H26N2O3/c1-3-14-6-4-7-15(12-14)20-17(22)9-8-16(21)19-13-18(2)10-5-11-23-18/h4,6-7,12H,3,5,8-11,13H2,1-2H3,(H,19,21)(H,20,22). The number of nitrogens with one attached hydrogen (secondary N) is 2. The monoisotopic (exact) mass is 318 g/mol.